The highest BCUT2D eigenvalue weighted by Gasteiger charge is 2.28. The largest absolute Gasteiger partial charge is 1.00 e. The van der Waals surface area contributed by atoms with Crippen LogP contribution < -0.4 is 174 Å². The lowest BCUT2D eigenvalue weighted by Gasteiger charge is -2.32. The number of rotatable bonds is 36. The zero-order chi connectivity index (χ0) is 57.3. The Labute approximate surface area is 635 Å². The van der Waals surface area contributed by atoms with E-state index in [1.165, 1.54) is 130 Å². The van der Waals surface area contributed by atoms with Crippen molar-refractivity contribution in [3.8, 4) is 33.4 Å². The second kappa shape index (κ2) is 45.1. The summed E-state index contributed by atoms with van der Waals surface area (Å²) in [6, 6.07) is 26.3. The van der Waals surface area contributed by atoms with Gasteiger partial charge in [0.15, 0.2) is 74.4 Å². The van der Waals surface area contributed by atoms with Gasteiger partial charge in [0.1, 0.15) is 77.5 Å². The third-order valence-electron chi connectivity index (χ3n) is 16.2. The maximum absolute atomic E-state index is 4.71. The van der Waals surface area contributed by atoms with E-state index in [1.54, 1.807) is 0 Å². The molecule has 0 N–H and O–H groups in total. The van der Waals surface area contributed by atoms with Gasteiger partial charge in [0.05, 0.1) is 25.6 Å². The number of halogens is 7. The van der Waals surface area contributed by atoms with Gasteiger partial charge in [-0.25, -0.2) is 27.4 Å². The molecule has 16 nitrogen and oxygen atoms in total. The zero-order valence-electron chi connectivity index (χ0n) is 53.0. The molecule has 0 unspecified atom stereocenters. The van der Waals surface area contributed by atoms with Gasteiger partial charge in [-0.15, -0.1) is 15.3 Å². The predicted octanol–water partition coefficient (Wildman–Crippen LogP) is -11.7. The van der Waals surface area contributed by atoms with E-state index in [4.69, 9.17) is 15.3 Å². The highest BCUT2D eigenvalue weighted by Crippen LogP contribution is 2.22. The molecule has 9 rings (SSSR count). The van der Waals surface area contributed by atoms with Crippen molar-refractivity contribution in [3.63, 3.8) is 0 Å². The Bertz CT molecular complexity index is 2950. The normalized spacial score (nSPS) is 10.8. The standard InChI is InChI=1S/C67H93N16.3BrH.4HI/c1-74-41-23-59(24-42-74)62-29-47-77(48-30-62)35-17-11-5-8-14-20-38-80-53-65(68-71-80)56-83(4,57-66-54-81(72-69-66)39-21-15-9-6-12-18-36-78-49-31-63(32-50-78)60-25-43-75(2)44-26-60)58-67-55-82(73-70-67)40-22-16-10-7-13-19-37-79-51-33-64(34-52-79)61-27-45-76(3)46-28-61;;;;;;;/h23-34,41-55H,5-22,35-40,56-58H2,1-4H3;7*1H/q+7;;;;;;;/p-7. The lowest BCUT2D eigenvalue weighted by molar-refractivity contribution is -0.949. The number of aromatic nitrogens is 15. The van der Waals surface area contributed by atoms with Crippen molar-refractivity contribution < 1.29 is 179 Å². The summed E-state index contributed by atoms with van der Waals surface area (Å²) in [5.41, 5.74) is 10.5. The molecule has 0 radical (unpaired) electrons. The van der Waals surface area contributed by atoms with Crippen LogP contribution in [0.15, 0.2) is 166 Å². The van der Waals surface area contributed by atoms with Crippen LogP contribution in [0.1, 0.15) is 133 Å². The third kappa shape index (κ3) is 28.7. The molecule has 490 valence electrons. The molecule has 9 heterocycles. The summed E-state index contributed by atoms with van der Waals surface area (Å²) < 4.78 is 19.9. The van der Waals surface area contributed by atoms with Crippen molar-refractivity contribution in [3.05, 3.63) is 183 Å². The Morgan fingerprint density at radius 1 is 0.300 bits per heavy atom. The van der Waals surface area contributed by atoms with Crippen LogP contribution in [0.5, 0.6) is 0 Å². The molecule has 0 amide bonds. The molecular formula is C67H93Br3I4N16. The average molecular weight is 1870 g/mol. The summed E-state index contributed by atoms with van der Waals surface area (Å²) in [5.74, 6) is 0. The molecule has 0 bridgehead atoms. The highest BCUT2D eigenvalue weighted by molar-refractivity contribution is 5.62. The summed E-state index contributed by atoms with van der Waals surface area (Å²) in [4.78, 5) is 0. The van der Waals surface area contributed by atoms with Crippen molar-refractivity contribution in [2.24, 2.45) is 21.1 Å². The maximum Gasteiger partial charge on any atom is 0.169 e. The number of unbranched alkanes of at least 4 members (excludes halogenated alkanes) is 15. The molecule has 0 aliphatic carbocycles. The number of hydrogen-bond acceptors (Lipinski definition) is 6. The van der Waals surface area contributed by atoms with Gasteiger partial charge in [-0.2, -0.15) is 0 Å². The molecule has 0 aliphatic heterocycles. The van der Waals surface area contributed by atoms with Crippen molar-refractivity contribution in [2.75, 3.05) is 7.05 Å². The van der Waals surface area contributed by atoms with Gasteiger partial charge in [-0.05, 0) is 71.9 Å². The van der Waals surface area contributed by atoms with Crippen LogP contribution >= 0.6 is 0 Å². The Morgan fingerprint density at radius 3 is 0.733 bits per heavy atom. The molecule has 9 aromatic heterocycles. The molecule has 0 spiro atoms. The SMILES string of the molecule is C[n+]1ccc(-c2cc[n+](CCCCCCCCn3cc(C[N+](C)(Cc4cn(CCCCCCCC[n+]5ccc(-c6cc[n+](C)cc6)cc5)nn4)Cc4cn(CCCCCCCC[n+]5ccc(-c6cc[n+](C)cc6)cc5)nn4)nn3)cc2)cc1.[Br-].[Br-].[Br-].[I-].[I-].[I-].[I-]. The van der Waals surface area contributed by atoms with E-state index in [0.717, 1.165) is 75.6 Å². The van der Waals surface area contributed by atoms with Gasteiger partial charge in [0.2, 0.25) is 0 Å². The van der Waals surface area contributed by atoms with E-state index in [-0.39, 0.29) is 147 Å². The predicted molar refractivity (Wildman–Crippen MR) is 320 cm³/mol. The number of pyridine rings is 6. The van der Waals surface area contributed by atoms with Gasteiger partial charge >= 0.3 is 0 Å². The smallest absolute Gasteiger partial charge is 0.169 e. The molecule has 0 saturated carbocycles. The van der Waals surface area contributed by atoms with Gasteiger partial charge in [-0.1, -0.05) is 73.4 Å². The summed E-state index contributed by atoms with van der Waals surface area (Å²) >= 11 is 0. The van der Waals surface area contributed by atoms with Crippen molar-refractivity contribution in [1.82, 2.24) is 45.0 Å². The minimum atomic E-state index is 0. The van der Waals surface area contributed by atoms with Crippen LogP contribution in [-0.4, -0.2) is 56.5 Å². The topological polar surface area (TPSA) is 115 Å². The third-order valence-corrected chi connectivity index (χ3v) is 16.2. The van der Waals surface area contributed by atoms with Crippen molar-refractivity contribution in [2.45, 2.75) is 174 Å². The molecule has 90 heavy (non-hydrogen) atoms. The van der Waals surface area contributed by atoms with Crippen LogP contribution in [0.25, 0.3) is 33.4 Å². The van der Waals surface area contributed by atoms with E-state index in [2.05, 4.69) is 237 Å². The van der Waals surface area contributed by atoms with E-state index in [1.807, 2.05) is 14.0 Å². The van der Waals surface area contributed by atoms with Crippen molar-refractivity contribution >= 4 is 0 Å². The van der Waals surface area contributed by atoms with Gasteiger partial charge in [0.25, 0.3) is 0 Å². The average Bonchev–Trinajstić information content (AvgIpc) is 1.93. The van der Waals surface area contributed by atoms with Crippen molar-refractivity contribution in [1.29, 1.82) is 0 Å². The van der Waals surface area contributed by atoms with Gasteiger partial charge in [0, 0.05) is 112 Å². The van der Waals surface area contributed by atoms with Crippen LogP contribution in [0.3, 0.4) is 0 Å². The fourth-order valence-electron chi connectivity index (χ4n) is 11.2. The molecule has 9 aromatic rings. The second-order valence-electron chi connectivity index (χ2n) is 23.6. The summed E-state index contributed by atoms with van der Waals surface area (Å²) in [7, 11) is 8.44. The number of quaternary nitrogens is 1. The molecule has 0 aliphatic rings. The van der Waals surface area contributed by atoms with Crippen LogP contribution in [0, 0.1) is 0 Å². The highest BCUT2D eigenvalue weighted by atomic mass is 127. The zero-order valence-corrected chi connectivity index (χ0v) is 66.4. The fraction of sp³-hybridized carbons (Fsp3) is 0.463. The molecular weight excluding hydrogens is 1780 g/mol. The van der Waals surface area contributed by atoms with E-state index in [0.29, 0.717) is 24.1 Å². The number of hydrogen-bond donors (Lipinski definition) is 0. The van der Waals surface area contributed by atoms with E-state index in [9.17, 15) is 0 Å². The minimum Gasteiger partial charge on any atom is -1.00 e. The molecule has 0 atom stereocenters. The molecule has 0 aromatic carbocycles. The summed E-state index contributed by atoms with van der Waals surface area (Å²) in [5, 5.41) is 28.0. The van der Waals surface area contributed by atoms with E-state index < -0.39 is 0 Å². The fourth-order valence-corrected chi connectivity index (χ4v) is 11.2. The Morgan fingerprint density at radius 2 is 0.500 bits per heavy atom. The Balaban J connectivity index is 0.00000394. The lowest BCUT2D eigenvalue weighted by atomic mass is 10.1. The van der Waals surface area contributed by atoms with Gasteiger partial charge in [-0.3, -0.25) is 14.0 Å². The van der Waals surface area contributed by atoms with E-state index >= 15 is 0 Å². The monoisotopic (exact) mass is 1870 g/mol. The van der Waals surface area contributed by atoms with Crippen LogP contribution in [-0.2, 0) is 80.0 Å². The quantitative estimate of drug-likeness (QED) is 0.0167. The Kier molecular flexibility index (Phi) is 41.5. The summed E-state index contributed by atoms with van der Waals surface area (Å²) in [6.07, 6.45) is 54.0. The van der Waals surface area contributed by atoms with Gasteiger partial charge < -0.3 is 151 Å². The maximum atomic E-state index is 4.71. The number of nitrogens with zero attached hydrogens (tertiary/aromatic N) is 16. The summed E-state index contributed by atoms with van der Waals surface area (Å²) in [6.45, 7) is 7.93. The molecule has 0 saturated heterocycles. The number of aryl methyl sites for hydroxylation is 9. The molecule has 0 fully saturated rings. The Hall–Kier alpha value is -3.36. The minimum absolute atomic E-state index is 0. The second-order valence-corrected chi connectivity index (χ2v) is 23.6. The molecule has 23 heteroatoms. The lowest BCUT2D eigenvalue weighted by Crippen LogP contribution is -3.00. The first-order chi connectivity index (χ1) is 40.7. The first-order valence-electron chi connectivity index (χ1n) is 31.0. The van der Waals surface area contributed by atoms with Crippen LogP contribution in [0.2, 0.25) is 0 Å². The first-order valence-corrected chi connectivity index (χ1v) is 31.0. The first kappa shape index (κ1) is 82.7. The van der Waals surface area contributed by atoms with Crippen LogP contribution in [0.4, 0.5) is 0 Å².